The molecule has 0 spiro atoms. The second kappa shape index (κ2) is 14.3. The Bertz CT molecular complexity index is 1400. The lowest BCUT2D eigenvalue weighted by Crippen LogP contribution is -2.52. The van der Waals surface area contributed by atoms with E-state index in [4.69, 9.17) is 11.6 Å². The smallest absolute Gasteiger partial charge is 0.243 e. The van der Waals surface area contributed by atoms with Gasteiger partial charge in [-0.15, -0.1) is 0 Å². The van der Waals surface area contributed by atoms with Gasteiger partial charge in [0, 0.05) is 42.6 Å². The molecular weight excluding hydrogens is 553 g/mol. The first-order valence-electron chi connectivity index (χ1n) is 13.1. The van der Waals surface area contributed by atoms with Crippen LogP contribution in [0.2, 0.25) is 5.02 Å². The van der Waals surface area contributed by atoms with Crippen molar-refractivity contribution >= 4 is 39.1 Å². The molecule has 0 aromatic heterocycles. The number of carbonyl (C=O) groups excluding carboxylic acids is 2. The molecule has 1 unspecified atom stereocenters. The van der Waals surface area contributed by atoms with Gasteiger partial charge in [0.15, 0.2) is 0 Å². The minimum Gasteiger partial charge on any atom is -0.352 e. The summed E-state index contributed by atoms with van der Waals surface area (Å²) in [6.07, 6.45) is 1.45. The summed E-state index contributed by atoms with van der Waals surface area (Å²) in [4.78, 5) is 28.5. The Labute approximate surface area is 241 Å². The number of anilines is 1. The van der Waals surface area contributed by atoms with Crippen LogP contribution in [0, 0.1) is 5.82 Å². The van der Waals surface area contributed by atoms with Crippen molar-refractivity contribution in [3.05, 3.63) is 101 Å². The van der Waals surface area contributed by atoms with Gasteiger partial charge in [0.1, 0.15) is 11.9 Å². The summed E-state index contributed by atoms with van der Waals surface area (Å²) in [6, 6.07) is 20.8. The Kier molecular flexibility index (Phi) is 11.1. The molecule has 0 saturated carbocycles. The van der Waals surface area contributed by atoms with Gasteiger partial charge < -0.3 is 10.2 Å². The third-order valence-corrected chi connectivity index (χ3v) is 7.68. The van der Waals surface area contributed by atoms with Crippen LogP contribution in [0.25, 0.3) is 0 Å². The van der Waals surface area contributed by atoms with E-state index in [-0.39, 0.29) is 55.8 Å². The fraction of sp³-hybridized carbons (Fsp3) is 0.333. The summed E-state index contributed by atoms with van der Waals surface area (Å²) in [7, 11) is -3.65. The highest BCUT2D eigenvalue weighted by atomic mass is 35.5. The number of nitrogens with one attached hydrogen (secondary N) is 1. The Hall–Kier alpha value is -3.43. The molecule has 40 heavy (non-hydrogen) atoms. The van der Waals surface area contributed by atoms with Gasteiger partial charge in [0.2, 0.25) is 21.8 Å². The number of benzene rings is 3. The van der Waals surface area contributed by atoms with Gasteiger partial charge in [-0.05, 0) is 50.1 Å². The first-order valence-corrected chi connectivity index (χ1v) is 15.3. The zero-order valence-corrected chi connectivity index (χ0v) is 24.5. The minimum absolute atomic E-state index is 0.0278. The van der Waals surface area contributed by atoms with E-state index in [1.54, 1.807) is 42.5 Å². The number of hydrogen-bond donors (Lipinski definition) is 1. The third kappa shape index (κ3) is 9.06. The molecule has 3 rings (SSSR count). The van der Waals surface area contributed by atoms with Crippen molar-refractivity contribution in [3.8, 4) is 0 Å². The number of rotatable bonds is 13. The number of sulfonamides is 1. The second-order valence-electron chi connectivity index (χ2n) is 9.90. The molecule has 0 heterocycles. The maximum absolute atomic E-state index is 14.7. The largest absolute Gasteiger partial charge is 0.352 e. The van der Waals surface area contributed by atoms with Crippen molar-refractivity contribution in [2.45, 2.75) is 51.7 Å². The van der Waals surface area contributed by atoms with Crippen LogP contribution in [0.3, 0.4) is 0 Å². The van der Waals surface area contributed by atoms with Gasteiger partial charge in [0.25, 0.3) is 0 Å². The van der Waals surface area contributed by atoms with E-state index in [0.29, 0.717) is 10.7 Å². The van der Waals surface area contributed by atoms with E-state index >= 15 is 0 Å². The second-order valence-corrected chi connectivity index (χ2v) is 12.2. The first kappa shape index (κ1) is 31.1. The maximum atomic E-state index is 14.7. The van der Waals surface area contributed by atoms with Gasteiger partial charge >= 0.3 is 0 Å². The predicted molar refractivity (Wildman–Crippen MR) is 157 cm³/mol. The molecule has 10 heteroatoms. The zero-order chi connectivity index (χ0) is 29.3. The van der Waals surface area contributed by atoms with E-state index < -0.39 is 21.9 Å². The summed E-state index contributed by atoms with van der Waals surface area (Å²) in [5.74, 6) is -1.21. The third-order valence-electron chi connectivity index (χ3n) is 6.25. The molecule has 0 fully saturated rings. The normalized spacial score (nSPS) is 12.2. The Morgan fingerprint density at radius 2 is 1.65 bits per heavy atom. The van der Waals surface area contributed by atoms with Gasteiger partial charge in [-0.25, -0.2) is 12.8 Å². The van der Waals surface area contributed by atoms with Crippen LogP contribution in [-0.4, -0.2) is 50.0 Å². The Balaban J connectivity index is 1.89. The quantitative estimate of drug-likeness (QED) is 0.298. The van der Waals surface area contributed by atoms with Crippen LogP contribution >= 0.6 is 11.6 Å². The van der Waals surface area contributed by atoms with Crippen molar-refractivity contribution in [1.29, 1.82) is 0 Å². The van der Waals surface area contributed by atoms with Crippen molar-refractivity contribution in [3.63, 3.8) is 0 Å². The molecule has 0 bridgehead atoms. The molecule has 2 amide bonds. The summed E-state index contributed by atoms with van der Waals surface area (Å²) < 4.78 is 41.0. The molecule has 0 radical (unpaired) electrons. The van der Waals surface area contributed by atoms with Gasteiger partial charge in [-0.2, -0.15) is 0 Å². The summed E-state index contributed by atoms with van der Waals surface area (Å²) in [6.45, 7) is 3.57. The number of amides is 2. The number of carbonyl (C=O) groups is 2. The highest BCUT2D eigenvalue weighted by Gasteiger charge is 2.31. The van der Waals surface area contributed by atoms with Crippen LogP contribution in [0.15, 0.2) is 78.9 Å². The van der Waals surface area contributed by atoms with Crippen molar-refractivity contribution in [1.82, 2.24) is 10.2 Å². The van der Waals surface area contributed by atoms with Crippen LogP contribution < -0.4 is 9.62 Å². The molecule has 0 aliphatic carbocycles. The highest BCUT2D eigenvalue weighted by Crippen LogP contribution is 2.23. The molecule has 1 atom stereocenters. The summed E-state index contributed by atoms with van der Waals surface area (Å²) >= 11 is 6.07. The van der Waals surface area contributed by atoms with Crippen LogP contribution in [0.1, 0.15) is 37.8 Å². The molecule has 1 N–H and O–H groups in total. The molecule has 214 valence electrons. The maximum Gasteiger partial charge on any atom is 0.243 e. The van der Waals surface area contributed by atoms with Crippen LogP contribution in [-0.2, 0) is 32.6 Å². The molecule has 7 nitrogen and oxygen atoms in total. The molecule has 3 aromatic rings. The fourth-order valence-corrected chi connectivity index (χ4v) is 5.52. The molecule has 3 aromatic carbocycles. The van der Waals surface area contributed by atoms with Crippen molar-refractivity contribution in [2.24, 2.45) is 0 Å². The molecule has 0 saturated heterocycles. The van der Waals surface area contributed by atoms with Crippen molar-refractivity contribution in [2.75, 3.05) is 17.1 Å². The summed E-state index contributed by atoms with van der Waals surface area (Å²) in [5, 5.41) is 3.28. The van der Waals surface area contributed by atoms with Crippen LogP contribution in [0.4, 0.5) is 10.1 Å². The zero-order valence-electron chi connectivity index (χ0n) is 22.9. The lowest BCUT2D eigenvalue weighted by atomic mass is 10.0. The van der Waals surface area contributed by atoms with Gasteiger partial charge in [-0.3, -0.25) is 13.9 Å². The number of hydrogen-bond acceptors (Lipinski definition) is 4. The molecule has 0 aliphatic rings. The lowest BCUT2D eigenvalue weighted by Gasteiger charge is -2.32. The van der Waals surface area contributed by atoms with E-state index in [0.717, 1.165) is 11.8 Å². The number of halogens is 2. The standard InChI is InChI=1S/C30H35ClFN3O4S/c1-22(2)33-30(37)28(19-23-11-5-4-6-12-23)34(21-24-13-7-8-16-27(24)32)29(36)17-10-18-35(40(3,38)39)26-15-9-14-25(31)20-26/h4-9,11-16,20,22,28H,10,17-19,21H2,1-3H3,(H,33,37). The molecular formula is C30H35ClFN3O4S. The Morgan fingerprint density at radius 3 is 2.27 bits per heavy atom. The first-order chi connectivity index (χ1) is 19.0. The molecule has 0 aliphatic heterocycles. The van der Waals surface area contributed by atoms with E-state index in [9.17, 15) is 22.4 Å². The minimum atomic E-state index is -3.65. The van der Waals surface area contributed by atoms with Gasteiger partial charge in [-0.1, -0.05) is 66.2 Å². The van der Waals surface area contributed by atoms with E-state index in [1.807, 2.05) is 44.2 Å². The highest BCUT2D eigenvalue weighted by molar-refractivity contribution is 7.92. The fourth-order valence-electron chi connectivity index (χ4n) is 4.38. The van der Waals surface area contributed by atoms with E-state index in [2.05, 4.69) is 5.32 Å². The Morgan fingerprint density at radius 1 is 0.975 bits per heavy atom. The van der Waals surface area contributed by atoms with Gasteiger partial charge in [0.05, 0.1) is 11.9 Å². The van der Waals surface area contributed by atoms with Crippen LogP contribution in [0.5, 0.6) is 0 Å². The number of nitrogens with zero attached hydrogens (tertiary/aromatic N) is 2. The average Bonchev–Trinajstić information content (AvgIpc) is 2.89. The SMILES string of the molecule is CC(C)NC(=O)C(Cc1ccccc1)N(Cc1ccccc1F)C(=O)CCCN(c1cccc(Cl)c1)S(C)(=O)=O. The average molecular weight is 588 g/mol. The van der Waals surface area contributed by atoms with Crippen molar-refractivity contribution < 1.29 is 22.4 Å². The predicted octanol–water partition coefficient (Wildman–Crippen LogP) is 5.19. The topological polar surface area (TPSA) is 86.8 Å². The summed E-state index contributed by atoms with van der Waals surface area (Å²) in [5.41, 5.74) is 1.52. The lowest BCUT2D eigenvalue weighted by molar-refractivity contribution is -0.141. The van der Waals surface area contributed by atoms with E-state index in [1.165, 1.54) is 15.3 Å². The monoisotopic (exact) mass is 587 g/mol.